The molecule has 3 rings (SSSR count). The molecule has 110 valence electrons. The zero-order valence-electron chi connectivity index (χ0n) is 12.6. The Balaban J connectivity index is 1.93. The van der Waals surface area contributed by atoms with E-state index in [4.69, 9.17) is 12.2 Å². The minimum absolute atomic E-state index is 0.761. The van der Waals surface area contributed by atoms with Gasteiger partial charge in [0, 0.05) is 13.6 Å². The molecule has 2 aromatic heterocycles. The third-order valence-corrected chi connectivity index (χ3v) is 5.06. The average Bonchev–Trinajstić information content (AvgIpc) is 2.91. The minimum Gasteiger partial charge on any atom is -0.328 e. The van der Waals surface area contributed by atoms with E-state index in [0.717, 1.165) is 46.4 Å². The third kappa shape index (κ3) is 2.32. The van der Waals surface area contributed by atoms with Crippen molar-refractivity contribution < 1.29 is 0 Å². The van der Waals surface area contributed by atoms with E-state index in [1.807, 2.05) is 11.7 Å². The van der Waals surface area contributed by atoms with Gasteiger partial charge in [-0.1, -0.05) is 26.7 Å². The predicted octanol–water partition coefficient (Wildman–Crippen LogP) is 3.82. The molecule has 0 bridgehead atoms. The van der Waals surface area contributed by atoms with E-state index in [0.29, 0.717) is 0 Å². The lowest BCUT2D eigenvalue weighted by atomic mass is 9.83. The summed E-state index contributed by atoms with van der Waals surface area (Å²) in [7, 11) is 2.02. The first-order valence-electron chi connectivity index (χ1n) is 7.74. The molecule has 0 spiro atoms. The fourth-order valence-corrected chi connectivity index (χ4v) is 3.73. The zero-order chi connectivity index (χ0) is 14.3. The number of H-pyrrole nitrogens is 1. The monoisotopic (exact) mass is 292 g/mol. The van der Waals surface area contributed by atoms with Gasteiger partial charge in [-0.15, -0.1) is 0 Å². The van der Waals surface area contributed by atoms with Crippen molar-refractivity contribution in [2.45, 2.75) is 52.5 Å². The van der Waals surface area contributed by atoms with Crippen LogP contribution in [0.15, 0.2) is 0 Å². The van der Waals surface area contributed by atoms with Crippen LogP contribution in [0.3, 0.4) is 0 Å². The van der Waals surface area contributed by atoms with Crippen LogP contribution >= 0.6 is 12.2 Å². The molecule has 4 nitrogen and oxygen atoms in total. The summed E-state index contributed by atoms with van der Waals surface area (Å²) in [5.41, 5.74) is 3.40. The maximum Gasteiger partial charge on any atom is 0.179 e. The molecule has 1 aliphatic carbocycles. The fraction of sp³-hybridized carbons (Fsp3) is 0.733. The molecule has 20 heavy (non-hydrogen) atoms. The Morgan fingerprint density at radius 2 is 2.00 bits per heavy atom. The second-order valence-electron chi connectivity index (χ2n) is 6.29. The van der Waals surface area contributed by atoms with E-state index in [1.165, 1.54) is 25.7 Å². The van der Waals surface area contributed by atoms with Crippen molar-refractivity contribution in [3.63, 3.8) is 0 Å². The molecule has 2 heterocycles. The molecule has 0 atom stereocenters. The number of hydrogen-bond donors (Lipinski definition) is 1. The van der Waals surface area contributed by atoms with Crippen LogP contribution in [-0.2, 0) is 20.0 Å². The van der Waals surface area contributed by atoms with Crippen molar-refractivity contribution in [1.29, 1.82) is 0 Å². The highest BCUT2D eigenvalue weighted by atomic mass is 32.1. The standard InChI is InChI=1S/C15H24N4S/c1-4-12-13-14(18(3)17-12)19(15(20)16-13)9-11-7-5-10(2)6-8-11/h10-11H,4-9H2,1-3H3,(H,16,20). The van der Waals surface area contributed by atoms with Crippen molar-refractivity contribution in [2.75, 3.05) is 0 Å². The first-order chi connectivity index (χ1) is 9.60. The van der Waals surface area contributed by atoms with Crippen LogP contribution in [0, 0.1) is 16.6 Å². The number of aryl methyl sites for hydroxylation is 2. The lowest BCUT2D eigenvalue weighted by Gasteiger charge is -2.26. The second-order valence-corrected chi connectivity index (χ2v) is 6.68. The molecule has 0 aromatic carbocycles. The molecular weight excluding hydrogens is 268 g/mol. The van der Waals surface area contributed by atoms with Crippen LogP contribution in [0.1, 0.15) is 45.2 Å². The maximum atomic E-state index is 5.53. The van der Waals surface area contributed by atoms with Gasteiger partial charge in [-0.2, -0.15) is 5.10 Å². The van der Waals surface area contributed by atoms with Crippen molar-refractivity contribution in [1.82, 2.24) is 19.3 Å². The quantitative estimate of drug-likeness (QED) is 0.873. The number of rotatable bonds is 3. The molecule has 1 aliphatic rings. The van der Waals surface area contributed by atoms with Gasteiger partial charge < -0.3 is 9.55 Å². The molecule has 0 radical (unpaired) electrons. The second kappa shape index (κ2) is 5.35. The van der Waals surface area contributed by atoms with Gasteiger partial charge in [0.15, 0.2) is 10.4 Å². The normalized spacial score (nSPS) is 23.6. The number of nitrogens with zero attached hydrogens (tertiary/aromatic N) is 3. The summed E-state index contributed by atoms with van der Waals surface area (Å²) in [5.74, 6) is 1.66. The summed E-state index contributed by atoms with van der Waals surface area (Å²) in [4.78, 5) is 3.36. The van der Waals surface area contributed by atoms with Crippen LogP contribution in [0.2, 0.25) is 0 Å². The number of hydrogen-bond acceptors (Lipinski definition) is 2. The third-order valence-electron chi connectivity index (χ3n) is 4.73. The molecule has 1 N–H and O–H groups in total. The van der Waals surface area contributed by atoms with E-state index >= 15 is 0 Å². The Morgan fingerprint density at radius 1 is 1.30 bits per heavy atom. The summed E-state index contributed by atoms with van der Waals surface area (Å²) >= 11 is 5.53. The van der Waals surface area contributed by atoms with Gasteiger partial charge in [-0.3, -0.25) is 4.68 Å². The van der Waals surface area contributed by atoms with Gasteiger partial charge in [0.1, 0.15) is 5.52 Å². The Bertz CT molecular complexity index is 655. The van der Waals surface area contributed by atoms with E-state index < -0.39 is 0 Å². The lowest BCUT2D eigenvalue weighted by molar-refractivity contribution is 0.265. The van der Waals surface area contributed by atoms with Crippen molar-refractivity contribution in [3.8, 4) is 0 Å². The van der Waals surface area contributed by atoms with Crippen LogP contribution in [0.5, 0.6) is 0 Å². The van der Waals surface area contributed by atoms with E-state index in [2.05, 4.69) is 28.5 Å². The largest absolute Gasteiger partial charge is 0.328 e. The smallest absolute Gasteiger partial charge is 0.179 e. The Hall–Kier alpha value is -1.10. The van der Waals surface area contributed by atoms with Gasteiger partial charge >= 0.3 is 0 Å². The molecule has 0 unspecified atom stereocenters. The summed E-state index contributed by atoms with van der Waals surface area (Å²) in [5, 5.41) is 4.59. The molecule has 0 aliphatic heterocycles. The summed E-state index contributed by atoms with van der Waals surface area (Å²) in [6.07, 6.45) is 6.31. The van der Waals surface area contributed by atoms with Gasteiger partial charge in [0.25, 0.3) is 0 Å². The maximum absolute atomic E-state index is 5.53. The number of aromatic nitrogens is 4. The highest BCUT2D eigenvalue weighted by molar-refractivity contribution is 7.71. The van der Waals surface area contributed by atoms with Gasteiger partial charge in [0.2, 0.25) is 0 Å². The molecule has 0 saturated heterocycles. The minimum atomic E-state index is 0.761. The molecule has 1 fully saturated rings. The number of nitrogens with one attached hydrogen (secondary N) is 1. The van der Waals surface area contributed by atoms with Crippen LogP contribution in [-0.4, -0.2) is 19.3 Å². The Morgan fingerprint density at radius 3 is 2.65 bits per heavy atom. The van der Waals surface area contributed by atoms with Crippen molar-refractivity contribution in [3.05, 3.63) is 10.5 Å². The molecule has 1 saturated carbocycles. The average molecular weight is 292 g/mol. The molecule has 5 heteroatoms. The molecule has 2 aromatic rings. The van der Waals surface area contributed by atoms with E-state index in [9.17, 15) is 0 Å². The first-order valence-corrected chi connectivity index (χ1v) is 8.15. The van der Waals surface area contributed by atoms with Crippen LogP contribution in [0.4, 0.5) is 0 Å². The van der Waals surface area contributed by atoms with Crippen molar-refractivity contribution >= 4 is 23.4 Å². The van der Waals surface area contributed by atoms with Gasteiger partial charge in [-0.05, 0) is 43.3 Å². The zero-order valence-corrected chi connectivity index (χ0v) is 13.5. The first kappa shape index (κ1) is 13.9. The molecular formula is C15H24N4S. The number of aromatic amines is 1. The van der Waals surface area contributed by atoms with Gasteiger partial charge in [-0.25, -0.2) is 0 Å². The number of fused-ring (bicyclic) bond motifs is 1. The SMILES string of the molecule is CCc1nn(C)c2c1[nH]c(=S)n2CC1CCC(C)CC1. The highest BCUT2D eigenvalue weighted by Crippen LogP contribution is 2.30. The van der Waals surface area contributed by atoms with Gasteiger partial charge in [0.05, 0.1) is 5.69 Å². The van der Waals surface area contributed by atoms with Crippen LogP contribution < -0.4 is 0 Å². The number of imidazole rings is 1. The Kier molecular flexibility index (Phi) is 3.71. The predicted molar refractivity (Wildman–Crippen MR) is 84.4 cm³/mol. The topological polar surface area (TPSA) is 38.5 Å². The highest BCUT2D eigenvalue weighted by Gasteiger charge is 2.21. The summed E-state index contributed by atoms with van der Waals surface area (Å²) in [6.45, 7) is 5.54. The van der Waals surface area contributed by atoms with Crippen LogP contribution in [0.25, 0.3) is 11.2 Å². The van der Waals surface area contributed by atoms with Crippen molar-refractivity contribution in [2.24, 2.45) is 18.9 Å². The van der Waals surface area contributed by atoms with E-state index in [-0.39, 0.29) is 0 Å². The summed E-state index contributed by atoms with van der Waals surface area (Å²) < 4.78 is 5.09. The lowest BCUT2D eigenvalue weighted by Crippen LogP contribution is -2.18. The summed E-state index contributed by atoms with van der Waals surface area (Å²) in [6, 6.07) is 0. The van der Waals surface area contributed by atoms with E-state index in [1.54, 1.807) is 0 Å². The fourth-order valence-electron chi connectivity index (χ4n) is 3.46. The Labute approximate surface area is 125 Å². The molecule has 0 amide bonds.